The first-order chi connectivity index (χ1) is 10.0. The van der Waals surface area contributed by atoms with Gasteiger partial charge in [0, 0.05) is 10.7 Å². The Kier molecular flexibility index (Phi) is 4.81. The Balaban J connectivity index is 2.08. The summed E-state index contributed by atoms with van der Waals surface area (Å²) in [6.07, 6.45) is 0.0763. The number of hydrogen-bond acceptors (Lipinski definition) is 2. The van der Waals surface area contributed by atoms with Crippen LogP contribution < -0.4 is 10.1 Å². The number of anilines is 1. The zero-order valence-corrected chi connectivity index (χ0v) is 12.5. The van der Waals surface area contributed by atoms with E-state index >= 15 is 0 Å². The molecule has 2 aromatic rings. The molecular weight excluding hydrogens is 293 g/mol. The van der Waals surface area contributed by atoms with Gasteiger partial charge in [0.25, 0.3) is 0 Å². The summed E-state index contributed by atoms with van der Waals surface area (Å²) in [5.41, 5.74) is 2.03. The van der Waals surface area contributed by atoms with Gasteiger partial charge in [0.05, 0.1) is 13.5 Å². The molecule has 0 unspecified atom stereocenters. The third-order valence-corrected chi connectivity index (χ3v) is 3.53. The zero-order valence-electron chi connectivity index (χ0n) is 11.7. The van der Waals surface area contributed by atoms with Crippen molar-refractivity contribution in [3.63, 3.8) is 0 Å². The molecule has 0 saturated heterocycles. The summed E-state index contributed by atoms with van der Waals surface area (Å²) in [4.78, 5) is 12.0. The van der Waals surface area contributed by atoms with Gasteiger partial charge < -0.3 is 10.1 Å². The van der Waals surface area contributed by atoms with Crippen molar-refractivity contribution in [2.75, 3.05) is 12.4 Å². The molecule has 21 heavy (non-hydrogen) atoms. The lowest BCUT2D eigenvalue weighted by Crippen LogP contribution is -2.15. The molecule has 1 N–H and O–H groups in total. The van der Waals surface area contributed by atoms with Gasteiger partial charge in [0.2, 0.25) is 5.91 Å². The van der Waals surface area contributed by atoms with E-state index in [0.29, 0.717) is 16.3 Å². The molecule has 3 nitrogen and oxygen atoms in total. The molecule has 0 fully saturated rings. The molecular formula is C16H15ClFNO2. The predicted molar refractivity (Wildman–Crippen MR) is 81.5 cm³/mol. The highest BCUT2D eigenvalue weighted by Gasteiger charge is 2.10. The van der Waals surface area contributed by atoms with Crippen LogP contribution in [0.3, 0.4) is 0 Å². The lowest BCUT2D eigenvalue weighted by atomic mass is 10.1. The Morgan fingerprint density at radius 3 is 2.76 bits per heavy atom. The Hall–Kier alpha value is -2.07. The van der Waals surface area contributed by atoms with Crippen LogP contribution >= 0.6 is 11.6 Å². The first kappa shape index (κ1) is 15.3. The molecule has 110 valence electrons. The van der Waals surface area contributed by atoms with Crippen LogP contribution in [0.2, 0.25) is 5.02 Å². The molecule has 0 heterocycles. The van der Waals surface area contributed by atoms with E-state index in [1.54, 1.807) is 24.3 Å². The van der Waals surface area contributed by atoms with Crippen molar-refractivity contribution in [2.24, 2.45) is 0 Å². The van der Waals surface area contributed by atoms with Gasteiger partial charge in [0.15, 0.2) is 11.6 Å². The highest BCUT2D eigenvalue weighted by Crippen LogP contribution is 2.23. The standard InChI is InChI=1S/C16H15ClFNO2/c1-10-12(17)4-3-5-14(10)19-16(20)9-11-6-7-15(21-2)13(18)8-11/h3-8H,9H2,1-2H3,(H,19,20). The minimum Gasteiger partial charge on any atom is -0.494 e. The van der Waals surface area contributed by atoms with Crippen molar-refractivity contribution in [3.05, 3.63) is 58.4 Å². The van der Waals surface area contributed by atoms with E-state index in [-0.39, 0.29) is 18.1 Å². The van der Waals surface area contributed by atoms with Crippen LogP contribution in [0.1, 0.15) is 11.1 Å². The second-order valence-electron chi connectivity index (χ2n) is 4.61. The SMILES string of the molecule is COc1ccc(CC(=O)Nc2cccc(Cl)c2C)cc1F. The largest absolute Gasteiger partial charge is 0.494 e. The first-order valence-corrected chi connectivity index (χ1v) is 6.76. The van der Waals surface area contributed by atoms with E-state index in [0.717, 1.165) is 5.56 Å². The number of halogens is 2. The summed E-state index contributed by atoms with van der Waals surface area (Å²) in [5.74, 6) is -0.559. The van der Waals surface area contributed by atoms with Crippen LogP contribution in [0, 0.1) is 12.7 Å². The highest BCUT2D eigenvalue weighted by molar-refractivity contribution is 6.31. The summed E-state index contributed by atoms with van der Waals surface area (Å²) < 4.78 is 18.4. The van der Waals surface area contributed by atoms with Gasteiger partial charge in [-0.3, -0.25) is 4.79 Å². The number of amides is 1. The van der Waals surface area contributed by atoms with Crippen LogP contribution in [0.15, 0.2) is 36.4 Å². The molecule has 0 atom stereocenters. The number of rotatable bonds is 4. The summed E-state index contributed by atoms with van der Waals surface area (Å²) in [5, 5.41) is 3.36. The topological polar surface area (TPSA) is 38.3 Å². The first-order valence-electron chi connectivity index (χ1n) is 6.38. The number of carbonyl (C=O) groups excluding carboxylic acids is 1. The number of ether oxygens (including phenoxy) is 1. The Labute approximate surface area is 127 Å². The maximum atomic E-state index is 13.6. The molecule has 0 saturated carbocycles. The Bertz CT molecular complexity index is 673. The second kappa shape index (κ2) is 6.59. The molecule has 5 heteroatoms. The fourth-order valence-electron chi connectivity index (χ4n) is 1.94. The van der Waals surface area contributed by atoms with Crippen LogP contribution in [0.25, 0.3) is 0 Å². The molecule has 0 bridgehead atoms. The predicted octanol–water partition coefficient (Wildman–Crippen LogP) is 3.98. The number of benzene rings is 2. The van der Waals surface area contributed by atoms with E-state index in [9.17, 15) is 9.18 Å². The minimum atomic E-state index is -0.485. The third kappa shape index (κ3) is 3.73. The summed E-state index contributed by atoms with van der Waals surface area (Å²) in [6, 6.07) is 9.75. The van der Waals surface area contributed by atoms with Crippen molar-refractivity contribution in [1.29, 1.82) is 0 Å². The number of nitrogens with one attached hydrogen (secondary N) is 1. The molecule has 2 aromatic carbocycles. The average Bonchev–Trinajstić information content (AvgIpc) is 2.44. The normalized spacial score (nSPS) is 10.3. The number of methoxy groups -OCH3 is 1. The van der Waals surface area contributed by atoms with E-state index in [1.807, 2.05) is 6.92 Å². The maximum Gasteiger partial charge on any atom is 0.228 e. The molecule has 0 radical (unpaired) electrons. The molecule has 0 spiro atoms. The van der Waals surface area contributed by atoms with Gasteiger partial charge in [-0.15, -0.1) is 0 Å². The Morgan fingerprint density at radius 1 is 1.33 bits per heavy atom. The molecule has 0 aliphatic heterocycles. The van der Waals surface area contributed by atoms with E-state index in [2.05, 4.69) is 5.32 Å². The fraction of sp³-hybridized carbons (Fsp3) is 0.188. The van der Waals surface area contributed by atoms with Crippen molar-refractivity contribution in [3.8, 4) is 5.75 Å². The van der Waals surface area contributed by atoms with Gasteiger partial charge >= 0.3 is 0 Å². The van der Waals surface area contributed by atoms with Gasteiger partial charge in [-0.2, -0.15) is 0 Å². The Morgan fingerprint density at radius 2 is 2.10 bits per heavy atom. The van der Waals surface area contributed by atoms with Crippen molar-refractivity contribution in [2.45, 2.75) is 13.3 Å². The highest BCUT2D eigenvalue weighted by atomic mass is 35.5. The molecule has 0 aliphatic rings. The monoisotopic (exact) mass is 307 g/mol. The van der Waals surface area contributed by atoms with E-state index in [4.69, 9.17) is 16.3 Å². The maximum absolute atomic E-state index is 13.6. The average molecular weight is 308 g/mol. The van der Waals surface area contributed by atoms with Gasteiger partial charge in [0.1, 0.15) is 0 Å². The second-order valence-corrected chi connectivity index (χ2v) is 5.01. The van der Waals surface area contributed by atoms with Gasteiger partial charge in [-0.1, -0.05) is 23.7 Å². The number of hydrogen-bond donors (Lipinski definition) is 1. The van der Waals surface area contributed by atoms with Crippen molar-refractivity contribution in [1.82, 2.24) is 0 Å². The quantitative estimate of drug-likeness (QED) is 0.928. The van der Waals surface area contributed by atoms with E-state index < -0.39 is 5.82 Å². The van der Waals surface area contributed by atoms with E-state index in [1.165, 1.54) is 19.2 Å². The molecule has 0 aliphatic carbocycles. The van der Waals surface area contributed by atoms with Crippen LogP contribution in [-0.2, 0) is 11.2 Å². The van der Waals surface area contributed by atoms with Crippen molar-refractivity contribution < 1.29 is 13.9 Å². The smallest absolute Gasteiger partial charge is 0.228 e. The van der Waals surface area contributed by atoms with Crippen LogP contribution in [-0.4, -0.2) is 13.0 Å². The number of carbonyl (C=O) groups is 1. The summed E-state index contributed by atoms with van der Waals surface area (Å²) >= 11 is 6.00. The summed E-state index contributed by atoms with van der Waals surface area (Å²) in [6.45, 7) is 1.82. The molecule has 1 amide bonds. The van der Waals surface area contributed by atoms with Gasteiger partial charge in [-0.05, 0) is 42.3 Å². The lowest BCUT2D eigenvalue weighted by Gasteiger charge is -2.10. The molecule has 0 aromatic heterocycles. The summed E-state index contributed by atoms with van der Waals surface area (Å²) in [7, 11) is 1.40. The lowest BCUT2D eigenvalue weighted by molar-refractivity contribution is -0.115. The fourth-order valence-corrected chi connectivity index (χ4v) is 2.12. The molecule has 2 rings (SSSR count). The van der Waals surface area contributed by atoms with Crippen LogP contribution in [0.5, 0.6) is 5.75 Å². The third-order valence-electron chi connectivity index (χ3n) is 3.12. The van der Waals surface area contributed by atoms with Crippen LogP contribution in [0.4, 0.5) is 10.1 Å². The van der Waals surface area contributed by atoms with Gasteiger partial charge in [-0.25, -0.2) is 4.39 Å². The van der Waals surface area contributed by atoms with Crippen molar-refractivity contribution >= 4 is 23.2 Å². The minimum absolute atomic E-state index is 0.0763. The zero-order chi connectivity index (χ0) is 15.4.